The summed E-state index contributed by atoms with van der Waals surface area (Å²) in [6.45, 7) is 11.1. The van der Waals surface area contributed by atoms with Gasteiger partial charge in [0, 0.05) is 24.0 Å². The molecular formula is C16H29N3S. The molecule has 0 saturated heterocycles. The second-order valence-electron chi connectivity index (χ2n) is 6.32. The Balaban J connectivity index is 2.11. The molecule has 1 aliphatic carbocycles. The lowest BCUT2D eigenvalue weighted by Gasteiger charge is -2.30. The summed E-state index contributed by atoms with van der Waals surface area (Å²) in [6, 6.07) is 1.07. The van der Waals surface area contributed by atoms with E-state index >= 15 is 0 Å². The van der Waals surface area contributed by atoms with E-state index in [-0.39, 0.29) is 0 Å². The molecule has 3 nitrogen and oxygen atoms in total. The van der Waals surface area contributed by atoms with Crippen LogP contribution < -0.4 is 10.2 Å². The van der Waals surface area contributed by atoms with E-state index in [1.165, 1.54) is 36.5 Å². The van der Waals surface area contributed by atoms with Crippen LogP contribution in [0.4, 0.5) is 5.13 Å². The molecule has 0 radical (unpaired) electrons. The monoisotopic (exact) mass is 295 g/mol. The van der Waals surface area contributed by atoms with Crippen molar-refractivity contribution in [3.05, 3.63) is 11.1 Å². The van der Waals surface area contributed by atoms with Gasteiger partial charge in [-0.05, 0) is 32.2 Å². The fraction of sp³-hybridized carbons (Fsp3) is 0.812. The van der Waals surface area contributed by atoms with E-state index in [0.717, 1.165) is 13.1 Å². The summed E-state index contributed by atoms with van der Waals surface area (Å²) in [5.41, 5.74) is 1.19. The van der Waals surface area contributed by atoms with E-state index in [1.54, 1.807) is 0 Å². The molecule has 1 aliphatic rings. The summed E-state index contributed by atoms with van der Waals surface area (Å²) >= 11 is 1.82. The Morgan fingerprint density at radius 3 is 2.65 bits per heavy atom. The van der Waals surface area contributed by atoms with Gasteiger partial charge in [0.25, 0.3) is 0 Å². The molecule has 0 spiro atoms. The Bertz CT molecular complexity index is 396. The maximum absolute atomic E-state index is 4.91. The zero-order chi connectivity index (χ0) is 14.5. The molecule has 0 bridgehead atoms. The lowest BCUT2D eigenvalue weighted by molar-refractivity contribution is 0.532. The predicted molar refractivity (Wildman–Crippen MR) is 88.6 cm³/mol. The summed E-state index contributed by atoms with van der Waals surface area (Å²) in [5.74, 6) is 0.689. The second-order valence-corrected chi connectivity index (χ2v) is 7.16. The van der Waals surface area contributed by atoms with Crippen LogP contribution in [0.15, 0.2) is 5.38 Å². The van der Waals surface area contributed by atoms with Gasteiger partial charge >= 0.3 is 0 Å². The molecule has 1 aromatic rings. The first-order valence-electron chi connectivity index (χ1n) is 8.07. The number of hydrogen-bond acceptors (Lipinski definition) is 4. The van der Waals surface area contributed by atoms with Crippen molar-refractivity contribution in [2.24, 2.45) is 5.92 Å². The van der Waals surface area contributed by atoms with Crippen LogP contribution in [-0.2, 0) is 0 Å². The molecule has 1 unspecified atom stereocenters. The van der Waals surface area contributed by atoms with Crippen molar-refractivity contribution < 1.29 is 0 Å². The summed E-state index contributed by atoms with van der Waals surface area (Å²) in [7, 11) is 0. The second kappa shape index (κ2) is 7.41. The summed E-state index contributed by atoms with van der Waals surface area (Å²) in [4.78, 5) is 7.48. The molecule has 0 amide bonds. The number of aromatic nitrogens is 1. The maximum atomic E-state index is 4.91. The molecule has 1 saturated carbocycles. The standard InChI is InChI=1S/C16H29N3S/c1-5-17-13(4)15-11-20-16(18-15)19(10-12(2)3)14-8-6-7-9-14/h11-14,17H,5-10H2,1-4H3. The topological polar surface area (TPSA) is 28.2 Å². The molecule has 20 heavy (non-hydrogen) atoms. The molecule has 1 fully saturated rings. The summed E-state index contributed by atoms with van der Waals surface area (Å²) < 4.78 is 0. The molecule has 1 aromatic heterocycles. The molecule has 4 heteroatoms. The Hall–Kier alpha value is -0.610. The van der Waals surface area contributed by atoms with Gasteiger partial charge in [0.15, 0.2) is 5.13 Å². The van der Waals surface area contributed by atoms with Crippen LogP contribution in [0.1, 0.15) is 65.1 Å². The van der Waals surface area contributed by atoms with Crippen LogP contribution in [0.3, 0.4) is 0 Å². The van der Waals surface area contributed by atoms with Crippen LogP contribution >= 0.6 is 11.3 Å². The molecule has 1 heterocycles. The quantitative estimate of drug-likeness (QED) is 0.816. The van der Waals surface area contributed by atoms with E-state index < -0.39 is 0 Å². The summed E-state index contributed by atoms with van der Waals surface area (Å²) in [5, 5.41) is 6.90. The van der Waals surface area contributed by atoms with Gasteiger partial charge in [-0.15, -0.1) is 11.3 Å². The number of thiazole rings is 1. The van der Waals surface area contributed by atoms with Gasteiger partial charge < -0.3 is 10.2 Å². The van der Waals surface area contributed by atoms with Crippen LogP contribution in [-0.4, -0.2) is 24.1 Å². The Kier molecular flexibility index (Phi) is 5.85. The van der Waals surface area contributed by atoms with Crippen LogP contribution in [0.5, 0.6) is 0 Å². The molecule has 1 N–H and O–H groups in total. The molecule has 0 aromatic carbocycles. The van der Waals surface area contributed by atoms with Crippen molar-refractivity contribution in [2.45, 2.75) is 65.5 Å². The normalized spacial score (nSPS) is 17.9. The van der Waals surface area contributed by atoms with Crippen LogP contribution in [0.25, 0.3) is 0 Å². The fourth-order valence-corrected chi connectivity index (χ4v) is 4.01. The first-order valence-corrected chi connectivity index (χ1v) is 8.95. The van der Waals surface area contributed by atoms with Crippen molar-refractivity contribution in [2.75, 3.05) is 18.0 Å². The minimum Gasteiger partial charge on any atom is -0.345 e. The molecule has 114 valence electrons. The van der Waals surface area contributed by atoms with Crippen molar-refractivity contribution in [3.63, 3.8) is 0 Å². The van der Waals surface area contributed by atoms with Crippen molar-refractivity contribution in [1.82, 2.24) is 10.3 Å². The minimum atomic E-state index is 0.356. The lowest BCUT2D eigenvalue weighted by Crippen LogP contribution is -2.36. The van der Waals surface area contributed by atoms with Gasteiger partial charge in [-0.3, -0.25) is 0 Å². The van der Waals surface area contributed by atoms with E-state index in [0.29, 0.717) is 18.0 Å². The first-order chi connectivity index (χ1) is 9.61. The first kappa shape index (κ1) is 15.8. The number of rotatable bonds is 7. The van der Waals surface area contributed by atoms with Crippen molar-refractivity contribution in [3.8, 4) is 0 Å². The number of anilines is 1. The van der Waals surface area contributed by atoms with E-state index in [2.05, 4.69) is 43.3 Å². The van der Waals surface area contributed by atoms with Crippen molar-refractivity contribution >= 4 is 16.5 Å². The molecule has 0 aliphatic heterocycles. The Labute approximate surface area is 127 Å². The van der Waals surface area contributed by atoms with Crippen LogP contribution in [0.2, 0.25) is 0 Å². The summed E-state index contributed by atoms with van der Waals surface area (Å²) in [6.07, 6.45) is 5.44. The van der Waals surface area contributed by atoms with E-state index in [4.69, 9.17) is 4.98 Å². The van der Waals surface area contributed by atoms with Crippen LogP contribution in [0, 0.1) is 5.92 Å². The molecular weight excluding hydrogens is 266 g/mol. The predicted octanol–water partition coefficient (Wildman–Crippen LogP) is 4.22. The zero-order valence-corrected chi connectivity index (χ0v) is 14.2. The molecule has 2 rings (SSSR count). The van der Waals surface area contributed by atoms with E-state index in [9.17, 15) is 0 Å². The van der Waals surface area contributed by atoms with Gasteiger partial charge in [-0.2, -0.15) is 0 Å². The van der Waals surface area contributed by atoms with Gasteiger partial charge in [-0.1, -0.05) is 33.6 Å². The highest BCUT2D eigenvalue weighted by atomic mass is 32.1. The SMILES string of the molecule is CCNC(C)c1csc(N(CC(C)C)C2CCCC2)n1. The minimum absolute atomic E-state index is 0.356. The highest BCUT2D eigenvalue weighted by Crippen LogP contribution is 2.32. The van der Waals surface area contributed by atoms with Gasteiger partial charge in [0.2, 0.25) is 0 Å². The zero-order valence-electron chi connectivity index (χ0n) is 13.4. The number of hydrogen-bond donors (Lipinski definition) is 1. The highest BCUT2D eigenvalue weighted by Gasteiger charge is 2.25. The van der Waals surface area contributed by atoms with E-state index in [1.807, 2.05) is 11.3 Å². The third-order valence-electron chi connectivity index (χ3n) is 4.04. The average molecular weight is 295 g/mol. The Morgan fingerprint density at radius 1 is 1.35 bits per heavy atom. The fourth-order valence-electron chi connectivity index (χ4n) is 3.01. The number of nitrogens with zero attached hydrogens (tertiary/aromatic N) is 2. The van der Waals surface area contributed by atoms with Crippen molar-refractivity contribution in [1.29, 1.82) is 0 Å². The average Bonchev–Trinajstić information content (AvgIpc) is 3.08. The largest absolute Gasteiger partial charge is 0.345 e. The van der Waals surface area contributed by atoms with Gasteiger partial charge in [0.05, 0.1) is 5.69 Å². The molecule has 1 atom stereocenters. The third kappa shape index (κ3) is 3.95. The van der Waals surface area contributed by atoms with Gasteiger partial charge in [-0.25, -0.2) is 4.98 Å². The number of nitrogens with one attached hydrogen (secondary N) is 1. The van der Waals surface area contributed by atoms with Gasteiger partial charge in [0.1, 0.15) is 0 Å². The lowest BCUT2D eigenvalue weighted by atomic mass is 10.1. The third-order valence-corrected chi connectivity index (χ3v) is 4.93. The smallest absolute Gasteiger partial charge is 0.185 e. The Morgan fingerprint density at radius 2 is 2.05 bits per heavy atom. The highest BCUT2D eigenvalue weighted by molar-refractivity contribution is 7.13. The maximum Gasteiger partial charge on any atom is 0.185 e.